The van der Waals surface area contributed by atoms with E-state index >= 15 is 0 Å². The molecule has 27 heavy (non-hydrogen) atoms. The van der Waals surface area contributed by atoms with E-state index in [1.807, 2.05) is 45.0 Å². The summed E-state index contributed by atoms with van der Waals surface area (Å²) in [5.74, 6) is 1.52. The second-order valence-corrected chi connectivity index (χ2v) is 7.81. The number of rotatable bonds is 10. The predicted octanol–water partition coefficient (Wildman–Crippen LogP) is 4.33. The average Bonchev–Trinajstić information content (AvgIpc) is 2.67. The lowest BCUT2D eigenvalue weighted by Crippen LogP contribution is -2.42. The first-order chi connectivity index (χ1) is 13.0. The summed E-state index contributed by atoms with van der Waals surface area (Å²) < 4.78 is 11.6. The van der Waals surface area contributed by atoms with Gasteiger partial charge in [-0.05, 0) is 69.3 Å². The summed E-state index contributed by atoms with van der Waals surface area (Å²) in [6.45, 7) is 12.8. The number of nitrogens with zero attached hydrogens (tertiary/aromatic N) is 1. The number of benzene rings is 1. The van der Waals surface area contributed by atoms with Crippen molar-refractivity contribution in [1.29, 1.82) is 0 Å². The van der Waals surface area contributed by atoms with Crippen molar-refractivity contribution in [3.8, 4) is 5.75 Å². The van der Waals surface area contributed by atoms with E-state index < -0.39 is 5.60 Å². The molecule has 0 bridgehead atoms. The normalized spacial score (nSPS) is 20.1. The third-order valence-electron chi connectivity index (χ3n) is 5.31. The lowest BCUT2D eigenvalue weighted by atomic mass is 10.0. The third-order valence-corrected chi connectivity index (χ3v) is 5.31. The van der Waals surface area contributed by atoms with E-state index in [0.29, 0.717) is 19.6 Å². The van der Waals surface area contributed by atoms with Crippen LogP contribution in [0.3, 0.4) is 0 Å². The van der Waals surface area contributed by atoms with Crippen LogP contribution in [0.4, 0.5) is 5.69 Å². The highest BCUT2D eigenvalue weighted by molar-refractivity contribution is 5.97. The first kappa shape index (κ1) is 21.7. The van der Waals surface area contributed by atoms with Gasteiger partial charge in [-0.1, -0.05) is 20.8 Å². The van der Waals surface area contributed by atoms with E-state index in [2.05, 4.69) is 17.1 Å². The molecular weight excluding hydrogens is 340 g/mol. The number of hydrogen-bond donors (Lipinski definition) is 1. The van der Waals surface area contributed by atoms with Gasteiger partial charge in [-0.15, -0.1) is 0 Å². The molecule has 0 spiro atoms. The molecule has 1 aliphatic heterocycles. The molecule has 0 saturated carbocycles. The van der Waals surface area contributed by atoms with Gasteiger partial charge < -0.3 is 14.8 Å². The molecule has 1 aromatic carbocycles. The first-order valence-corrected chi connectivity index (χ1v) is 10.4. The van der Waals surface area contributed by atoms with Gasteiger partial charge >= 0.3 is 0 Å². The number of hydrogen-bond acceptors (Lipinski definition) is 4. The monoisotopic (exact) mass is 376 g/mol. The largest absolute Gasteiger partial charge is 0.492 e. The lowest BCUT2D eigenvalue weighted by molar-refractivity contribution is -0.139. The van der Waals surface area contributed by atoms with Gasteiger partial charge in [0.1, 0.15) is 18.0 Å². The molecule has 0 radical (unpaired) electrons. The van der Waals surface area contributed by atoms with Crippen molar-refractivity contribution in [2.45, 2.75) is 59.0 Å². The van der Waals surface area contributed by atoms with Crippen LogP contribution >= 0.6 is 0 Å². The molecule has 152 valence electrons. The Morgan fingerprint density at radius 1 is 1.26 bits per heavy atom. The summed E-state index contributed by atoms with van der Waals surface area (Å²) in [5.41, 5.74) is -0.0338. The Labute approximate surface area is 164 Å². The Hall–Kier alpha value is -1.59. The maximum Gasteiger partial charge on any atom is 0.256 e. The molecule has 2 atom stereocenters. The summed E-state index contributed by atoms with van der Waals surface area (Å²) >= 11 is 0. The fourth-order valence-corrected chi connectivity index (χ4v) is 3.34. The van der Waals surface area contributed by atoms with Crippen LogP contribution in [0.25, 0.3) is 0 Å². The number of piperidine rings is 1. The van der Waals surface area contributed by atoms with Gasteiger partial charge in [0.15, 0.2) is 0 Å². The molecule has 0 aliphatic carbocycles. The molecule has 0 unspecified atom stereocenters. The van der Waals surface area contributed by atoms with Crippen LogP contribution in [-0.2, 0) is 9.53 Å². The zero-order chi connectivity index (χ0) is 19.7. The van der Waals surface area contributed by atoms with Crippen LogP contribution < -0.4 is 10.1 Å². The minimum Gasteiger partial charge on any atom is -0.492 e. The standard InChI is InChI=1S/C22H36N2O3/c1-5-15-27-22(4,6-2)21(25)23-19-9-11-20(12-10-19)26-16-14-24-13-7-8-18(3)17-24/h9-12,18H,5-8,13-17H2,1-4H3,(H,23,25)/t18-,22+/m1/s1. The molecule has 1 fully saturated rings. The zero-order valence-electron chi connectivity index (χ0n) is 17.4. The second kappa shape index (κ2) is 10.7. The lowest BCUT2D eigenvalue weighted by Gasteiger charge is -2.30. The fraction of sp³-hybridized carbons (Fsp3) is 0.682. The zero-order valence-corrected chi connectivity index (χ0v) is 17.4. The van der Waals surface area contributed by atoms with E-state index in [-0.39, 0.29) is 5.91 Å². The highest BCUT2D eigenvalue weighted by Gasteiger charge is 2.32. The SMILES string of the molecule is CCCO[C@@](C)(CC)C(=O)Nc1ccc(OCCN2CCC[C@@H](C)C2)cc1. The van der Waals surface area contributed by atoms with Gasteiger partial charge in [0.25, 0.3) is 5.91 Å². The Morgan fingerprint density at radius 2 is 2.00 bits per heavy atom. The van der Waals surface area contributed by atoms with Crippen molar-refractivity contribution in [1.82, 2.24) is 4.90 Å². The van der Waals surface area contributed by atoms with Crippen molar-refractivity contribution in [3.63, 3.8) is 0 Å². The fourth-order valence-electron chi connectivity index (χ4n) is 3.34. The molecular formula is C22H36N2O3. The van der Waals surface area contributed by atoms with Crippen LogP contribution in [0.2, 0.25) is 0 Å². The Balaban J connectivity index is 1.79. The van der Waals surface area contributed by atoms with Gasteiger partial charge in [0.2, 0.25) is 0 Å². The minimum atomic E-state index is -0.795. The number of ether oxygens (including phenoxy) is 2. The number of carbonyl (C=O) groups excluding carboxylic acids is 1. The van der Waals surface area contributed by atoms with Gasteiger partial charge in [-0.2, -0.15) is 0 Å². The van der Waals surface area contributed by atoms with Gasteiger partial charge in [-0.25, -0.2) is 0 Å². The van der Waals surface area contributed by atoms with Crippen LogP contribution in [0.5, 0.6) is 5.75 Å². The Kier molecular flexibility index (Phi) is 8.58. The summed E-state index contributed by atoms with van der Waals surface area (Å²) in [7, 11) is 0. The molecule has 0 aromatic heterocycles. The van der Waals surface area contributed by atoms with Crippen LogP contribution in [0.1, 0.15) is 53.4 Å². The molecule has 1 amide bonds. The topological polar surface area (TPSA) is 50.8 Å². The first-order valence-electron chi connectivity index (χ1n) is 10.4. The molecule has 1 aromatic rings. The van der Waals surface area contributed by atoms with Crippen LogP contribution in [0.15, 0.2) is 24.3 Å². The van der Waals surface area contributed by atoms with E-state index in [0.717, 1.165) is 30.3 Å². The molecule has 5 heteroatoms. The van der Waals surface area contributed by atoms with E-state index in [1.54, 1.807) is 0 Å². The Morgan fingerprint density at radius 3 is 2.63 bits per heavy atom. The Bertz CT molecular complexity index is 575. The molecule has 1 saturated heterocycles. The van der Waals surface area contributed by atoms with Crippen LogP contribution in [-0.4, -0.2) is 49.3 Å². The molecule has 1 heterocycles. The highest BCUT2D eigenvalue weighted by atomic mass is 16.5. The number of likely N-dealkylation sites (tertiary alicyclic amines) is 1. The van der Waals surface area contributed by atoms with Crippen molar-refractivity contribution in [3.05, 3.63) is 24.3 Å². The average molecular weight is 377 g/mol. The molecule has 5 nitrogen and oxygen atoms in total. The van der Waals surface area contributed by atoms with E-state index in [4.69, 9.17) is 9.47 Å². The maximum absolute atomic E-state index is 12.6. The smallest absolute Gasteiger partial charge is 0.256 e. The number of carbonyl (C=O) groups is 1. The molecule has 2 rings (SSSR count). The molecule has 1 aliphatic rings. The quantitative estimate of drug-likeness (QED) is 0.660. The van der Waals surface area contributed by atoms with Crippen molar-refractivity contribution in [2.24, 2.45) is 5.92 Å². The summed E-state index contributed by atoms with van der Waals surface area (Å²) in [5, 5.41) is 2.95. The van der Waals surface area contributed by atoms with Crippen LogP contribution in [0, 0.1) is 5.92 Å². The van der Waals surface area contributed by atoms with Crippen molar-refractivity contribution in [2.75, 3.05) is 38.2 Å². The highest BCUT2D eigenvalue weighted by Crippen LogP contribution is 2.21. The predicted molar refractivity (Wildman–Crippen MR) is 110 cm³/mol. The number of amides is 1. The third kappa shape index (κ3) is 6.82. The van der Waals surface area contributed by atoms with E-state index in [9.17, 15) is 4.79 Å². The number of nitrogens with one attached hydrogen (secondary N) is 1. The van der Waals surface area contributed by atoms with Crippen molar-refractivity contribution >= 4 is 11.6 Å². The summed E-state index contributed by atoms with van der Waals surface area (Å²) in [6, 6.07) is 7.58. The van der Waals surface area contributed by atoms with E-state index in [1.165, 1.54) is 25.9 Å². The van der Waals surface area contributed by atoms with Gasteiger partial charge in [-0.3, -0.25) is 9.69 Å². The van der Waals surface area contributed by atoms with Gasteiger partial charge in [0, 0.05) is 25.4 Å². The summed E-state index contributed by atoms with van der Waals surface area (Å²) in [6.07, 6.45) is 4.15. The second-order valence-electron chi connectivity index (χ2n) is 7.81. The summed E-state index contributed by atoms with van der Waals surface area (Å²) in [4.78, 5) is 15.0. The van der Waals surface area contributed by atoms with Gasteiger partial charge in [0.05, 0.1) is 0 Å². The van der Waals surface area contributed by atoms with Crippen molar-refractivity contribution < 1.29 is 14.3 Å². The number of anilines is 1. The maximum atomic E-state index is 12.6. The molecule has 1 N–H and O–H groups in total. The minimum absolute atomic E-state index is 0.105.